The van der Waals surface area contributed by atoms with Crippen molar-refractivity contribution in [3.8, 4) is 5.75 Å². The molecule has 1 saturated carbocycles. The van der Waals surface area contributed by atoms with E-state index in [4.69, 9.17) is 4.74 Å². The average Bonchev–Trinajstić information content (AvgIpc) is 2.47. The molecule has 1 N–H and O–H groups in total. The van der Waals surface area contributed by atoms with Gasteiger partial charge in [-0.3, -0.25) is 9.59 Å². The van der Waals surface area contributed by atoms with Gasteiger partial charge in [0.05, 0.1) is 12.5 Å². The first-order valence-corrected chi connectivity index (χ1v) is 6.51. The number of benzene rings is 1. The van der Waals surface area contributed by atoms with Crippen LogP contribution in [-0.4, -0.2) is 24.5 Å². The number of methoxy groups -OCH3 is 1. The Labute approximate surface area is 112 Å². The van der Waals surface area contributed by atoms with Gasteiger partial charge < -0.3 is 9.84 Å². The number of aldehydes is 1. The summed E-state index contributed by atoms with van der Waals surface area (Å²) < 4.78 is 5.09. The zero-order valence-corrected chi connectivity index (χ0v) is 11.0. The Morgan fingerprint density at radius 1 is 1.32 bits per heavy atom. The third kappa shape index (κ3) is 2.35. The molecule has 0 aliphatic heterocycles. The number of hydrogen-bond acceptors (Lipinski definition) is 3. The molecule has 0 amide bonds. The van der Waals surface area contributed by atoms with Crippen molar-refractivity contribution in [2.75, 3.05) is 7.11 Å². The van der Waals surface area contributed by atoms with Gasteiger partial charge in [-0.1, -0.05) is 25.3 Å². The Bertz CT molecular complexity index is 487. The second-order valence-electron chi connectivity index (χ2n) is 5.02. The number of carbonyl (C=O) groups is 2. The summed E-state index contributed by atoms with van der Waals surface area (Å²) in [7, 11) is 1.52. The van der Waals surface area contributed by atoms with Crippen LogP contribution in [0.4, 0.5) is 0 Å². The molecular formula is C15H18O4. The van der Waals surface area contributed by atoms with Gasteiger partial charge in [0.1, 0.15) is 5.75 Å². The first kappa shape index (κ1) is 13.6. The van der Waals surface area contributed by atoms with Crippen molar-refractivity contribution < 1.29 is 19.4 Å². The number of ether oxygens (including phenoxy) is 1. The molecule has 102 valence electrons. The number of carboxylic acids is 1. The van der Waals surface area contributed by atoms with E-state index in [-0.39, 0.29) is 0 Å². The molecule has 1 fully saturated rings. The lowest BCUT2D eigenvalue weighted by atomic mass is 9.68. The van der Waals surface area contributed by atoms with Crippen LogP contribution in [0.2, 0.25) is 0 Å². The molecule has 0 saturated heterocycles. The van der Waals surface area contributed by atoms with Gasteiger partial charge in [-0.2, -0.15) is 0 Å². The normalized spacial score (nSPS) is 17.7. The fourth-order valence-corrected chi connectivity index (χ4v) is 2.95. The van der Waals surface area contributed by atoms with Gasteiger partial charge in [-0.15, -0.1) is 0 Å². The molecule has 0 unspecified atom stereocenters. The standard InChI is InChI=1S/C15H18O4/c1-19-12-5-6-13(11(9-12)10-16)15(14(17)18)7-3-2-4-8-15/h5-6,9-10H,2-4,7-8H2,1H3,(H,17,18). The van der Waals surface area contributed by atoms with Crippen LogP contribution in [0, 0.1) is 0 Å². The highest BCUT2D eigenvalue weighted by Crippen LogP contribution is 2.41. The van der Waals surface area contributed by atoms with E-state index < -0.39 is 11.4 Å². The lowest BCUT2D eigenvalue weighted by Crippen LogP contribution is -2.38. The van der Waals surface area contributed by atoms with Crippen LogP contribution < -0.4 is 4.74 Å². The Kier molecular flexibility index (Phi) is 3.88. The third-order valence-electron chi connectivity index (χ3n) is 4.02. The maximum Gasteiger partial charge on any atom is 0.314 e. The molecule has 2 rings (SSSR count). The van der Waals surface area contributed by atoms with E-state index in [1.807, 2.05) is 0 Å². The minimum atomic E-state index is -0.916. The highest BCUT2D eigenvalue weighted by molar-refractivity contribution is 5.88. The van der Waals surface area contributed by atoms with Crippen molar-refractivity contribution in [2.45, 2.75) is 37.5 Å². The Balaban J connectivity index is 2.53. The van der Waals surface area contributed by atoms with Gasteiger partial charge in [-0.25, -0.2) is 0 Å². The Morgan fingerprint density at radius 3 is 2.53 bits per heavy atom. The van der Waals surface area contributed by atoms with Crippen molar-refractivity contribution in [2.24, 2.45) is 0 Å². The predicted octanol–water partition coefficient (Wildman–Crippen LogP) is 2.79. The second-order valence-corrected chi connectivity index (χ2v) is 5.02. The molecule has 0 radical (unpaired) electrons. The van der Waals surface area contributed by atoms with E-state index in [2.05, 4.69) is 0 Å². The number of rotatable bonds is 4. The van der Waals surface area contributed by atoms with Gasteiger partial charge in [0.25, 0.3) is 0 Å². The molecule has 4 heteroatoms. The first-order valence-electron chi connectivity index (χ1n) is 6.51. The van der Waals surface area contributed by atoms with Crippen molar-refractivity contribution >= 4 is 12.3 Å². The quantitative estimate of drug-likeness (QED) is 0.847. The van der Waals surface area contributed by atoms with Gasteiger partial charge in [-0.05, 0) is 30.5 Å². The molecule has 1 aromatic carbocycles. The molecule has 1 aromatic rings. The molecule has 19 heavy (non-hydrogen) atoms. The number of hydrogen-bond donors (Lipinski definition) is 1. The zero-order valence-electron chi connectivity index (χ0n) is 11.0. The maximum absolute atomic E-state index is 11.8. The monoisotopic (exact) mass is 262 g/mol. The molecule has 1 aliphatic carbocycles. The van der Waals surface area contributed by atoms with Crippen molar-refractivity contribution in [3.05, 3.63) is 29.3 Å². The number of aliphatic carboxylic acids is 1. The third-order valence-corrected chi connectivity index (χ3v) is 4.02. The summed E-state index contributed by atoms with van der Waals surface area (Å²) in [5.41, 5.74) is 0.125. The van der Waals surface area contributed by atoms with Crippen LogP contribution in [0.25, 0.3) is 0 Å². The first-order chi connectivity index (χ1) is 9.14. The number of carboxylic acid groups (broad SMARTS) is 1. The van der Waals surface area contributed by atoms with E-state index in [0.29, 0.717) is 29.7 Å². The summed E-state index contributed by atoms with van der Waals surface area (Å²) in [5, 5.41) is 9.64. The van der Waals surface area contributed by atoms with Gasteiger partial charge >= 0.3 is 5.97 Å². The van der Waals surface area contributed by atoms with Crippen molar-refractivity contribution in [1.82, 2.24) is 0 Å². The van der Waals surface area contributed by atoms with Gasteiger partial charge in [0.2, 0.25) is 0 Å². The molecule has 0 atom stereocenters. The summed E-state index contributed by atoms with van der Waals surface area (Å²) in [6.45, 7) is 0. The van der Waals surface area contributed by atoms with Crippen LogP contribution in [0.5, 0.6) is 5.75 Å². The van der Waals surface area contributed by atoms with Crippen LogP contribution in [0.1, 0.15) is 48.0 Å². The molecule has 1 aliphatic rings. The topological polar surface area (TPSA) is 63.6 Å². The maximum atomic E-state index is 11.8. The molecule has 4 nitrogen and oxygen atoms in total. The minimum absolute atomic E-state index is 0.420. The lowest BCUT2D eigenvalue weighted by molar-refractivity contribution is -0.145. The molecule has 0 heterocycles. The van der Waals surface area contributed by atoms with E-state index in [1.165, 1.54) is 7.11 Å². The fraction of sp³-hybridized carbons (Fsp3) is 0.467. The molecule has 0 spiro atoms. The van der Waals surface area contributed by atoms with Gasteiger partial charge in [0, 0.05) is 5.56 Å². The fourth-order valence-electron chi connectivity index (χ4n) is 2.95. The summed E-state index contributed by atoms with van der Waals surface area (Å²) in [6.07, 6.45) is 4.73. The van der Waals surface area contributed by atoms with Crippen LogP contribution >= 0.6 is 0 Å². The molecular weight excluding hydrogens is 244 g/mol. The summed E-state index contributed by atoms with van der Waals surface area (Å²) in [4.78, 5) is 23.0. The Morgan fingerprint density at radius 2 is 2.00 bits per heavy atom. The highest BCUT2D eigenvalue weighted by Gasteiger charge is 2.42. The van der Waals surface area contributed by atoms with E-state index in [9.17, 15) is 14.7 Å². The van der Waals surface area contributed by atoms with Gasteiger partial charge in [0.15, 0.2) is 6.29 Å². The van der Waals surface area contributed by atoms with E-state index in [1.54, 1.807) is 18.2 Å². The number of carbonyl (C=O) groups excluding carboxylic acids is 1. The SMILES string of the molecule is COc1ccc(C2(C(=O)O)CCCCC2)c(C=O)c1. The molecule has 0 bridgehead atoms. The summed E-state index contributed by atoms with van der Waals surface area (Å²) in [6, 6.07) is 5.06. The van der Waals surface area contributed by atoms with Crippen LogP contribution in [0.15, 0.2) is 18.2 Å². The predicted molar refractivity (Wildman–Crippen MR) is 70.8 cm³/mol. The molecule has 0 aromatic heterocycles. The largest absolute Gasteiger partial charge is 0.497 e. The smallest absolute Gasteiger partial charge is 0.314 e. The second kappa shape index (κ2) is 5.43. The minimum Gasteiger partial charge on any atom is -0.497 e. The van der Waals surface area contributed by atoms with Crippen molar-refractivity contribution in [1.29, 1.82) is 0 Å². The van der Waals surface area contributed by atoms with E-state index in [0.717, 1.165) is 25.5 Å². The zero-order chi connectivity index (χ0) is 13.9. The highest BCUT2D eigenvalue weighted by atomic mass is 16.5. The summed E-state index contributed by atoms with van der Waals surface area (Å²) >= 11 is 0. The summed E-state index contributed by atoms with van der Waals surface area (Å²) in [5.74, 6) is -0.261. The lowest BCUT2D eigenvalue weighted by Gasteiger charge is -2.34. The average molecular weight is 262 g/mol. The van der Waals surface area contributed by atoms with Crippen LogP contribution in [-0.2, 0) is 10.2 Å². The van der Waals surface area contributed by atoms with Crippen molar-refractivity contribution in [3.63, 3.8) is 0 Å². The Hall–Kier alpha value is -1.84. The van der Waals surface area contributed by atoms with E-state index >= 15 is 0 Å². The van der Waals surface area contributed by atoms with Crippen LogP contribution in [0.3, 0.4) is 0 Å².